The fourth-order valence-corrected chi connectivity index (χ4v) is 4.50. The van der Waals surface area contributed by atoms with Crippen LogP contribution in [0, 0.1) is 17.0 Å². The van der Waals surface area contributed by atoms with Gasteiger partial charge in [-0.3, -0.25) is 10.1 Å². The van der Waals surface area contributed by atoms with Crippen LogP contribution in [0.25, 0.3) is 11.3 Å². The largest absolute Gasteiger partial charge is 0.341 e. The highest BCUT2D eigenvalue weighted by Gasteiger charge is 2.26. The maximum Gasteiger partial charge on any atom is 0.273 e. The first-order chi connectivity index (χ1) is 13.3. The highest BCUT2D eigenvalue weighted by atomic mass is 32.2. The third kappa shape index (κ3) is 3.95. The molecule has 3 aromatic rings. The second kappa shape index (κ2) is 7.91. The van der Waals surface area contributed by atoms with Crippen LogP contribution in [-0.4, -0.2) is 23.3 Å². The molecule has 1 heterocycles. The van der Waals surface area contributed by atoms with E-state index in [1.165, 1.54) is 25.1 Å². The van der Waals surface area contributed by atoms with E-state index in [0.717, 1.165) is 11.3 Å². The lowest BCUT2D eigenvalue weighted by atomic mass is 10.2. The highest BCUT2D eigenvalue weighted by molar-refractivity contribution is 7.89. The van der Waals surface area contributed by atoms with Crippen LogP contribution in [0.1, 0.15) is 30.8 Å². The van der Waals surface area contributed by atoms with Gasteiger partial charge in [-0.05, 0) is 25.0 Å². The summed E-state index contributed by atoms with van der Waals surface area (Å²) in [5.41, 5.74) is 1.58. The Morgan fingerprint density at radius 3 is 2.54 bits per heavy atom. The van der Waals surface area contributed by atoms with Gasteiger partial charge in [-0.1, -0.05) is 43.3 Å². The Balaban J connectivity index is 1.90. The summed E-state index contributed by atoms with van der Waals surface area (Å²) < 4.78 is 28.3. The first-order valence-electron chi connectivity index (χ1n) is 8.70. The SMILES string of the molecule is CCC(NS(=O)(=O)c1cccc([N+](=O)[O-])c1C)c1ncc(-c2ccccc2)[nH]1. The van der Waals surface area contributed by atoms with E-state index in [-0.39, 0.29) is 16.1 Å². The van der Waals surface area contributed by atoms with Crippen LogP contribution < -0.4 is 4.72 Å². The number of rotatable bonds is 7. The van der Waals surface area contributed by atoms with Gasteiger partial charge in [0.05, 0.1) is 27.8 Å². The van der Waals surface area contributed by atoms with Crippen LogP contribution in [0.2, 0.25) is 0 Å². The van der Waals surface area contributed by atoms with Gasteiger partial charge in [-0.2, -0.15) is 0 Å². The van der Waals surface area contributed by atoms with Gasteiger partial charge in [0, 0.05) is 11.6 Å². The van der Waals surface area contributed by atoms with Gasteiger partial charge >= 0.3 is 0 Å². The number of nitrogens with zero attached hydrogens (tertiary/aromatic N) is 2. The molecular weight excluding hydrogens is 380 g/mol. The molecular formula is C19H20N4O4S. The molecule has 2 aromatic carbocycles. The van der Waals surface area contributed by atoms with Crippen molar-refractivity contribution in [3.8, 4) is 11.3 Å². The molecule has 0 aliphatic rings. The molecule has 28 heavy (non-hydrogen) atoms. The number of nitro groups is 1. The average Bonchev–Trinajstić information content (AvgIpc) is 3.16. The Bertz CT molecular complexity index is 1090. The number of hydrogen-bond donors (Lipinski definition) is 2. The molecule has 146 valence electrons. The Hall–Kier alpha value is -3.04. The monoisotopic (exact) mass is 400 g/mol. The maximum atomic E-state index is 12.9. The topological polar surface area (TPSA) is 118 Å². The fourth-order valence-electron chi connectivity index (χ4n) is 2.95. The molecule has 1 aromatic heterocycles. The Morgan fingerprint density at radius 2 is 1.89 bits per heavy atom. The summed E-state index contributed by atoms with van der Waals surface area (Å²) >= 11 is 0. The van der Waals surface area contributed by atoms with Crippen molar-refractivity contribution in [2.45, 2.75) is 31.2 Å². The van der Waals surface area contributed by atoms with E-state index in [2.05, 4.69) is 14.7 Å². The summed E-state index contributed by atoms with van der Waals surface area (Å²) in [6.07, 6.45) is 2.11. The molecule has 1 atom stereocenters. The molecule has 0 saturated carbocycles. The number of H-pyrrole nitrogens is 1. The van der Waals surface area contributed by atoms with Crippen LogP contribution >= 0.6 is 0 Å². The zero-order chi connectivity index (χ0) is 20.3. The number of imidazole rings is 1. The molecule has 0 aliphatic heterocycles. The van der Waals surface area contributed by atoms with Crippen molar-refractivity contribution < 1.29 is 13.3 Å². The summed E-state index contributed by atoms with van der Waals surface area (Å²) in [5, 5.41) is 11.1. The first kappa shape index (κ1) is 19.7. The third-order valence-electron chi connectivity index (χ3n) is 4.46. The molecule has 0 spiro atoms. The number of hydrogen-bond acceptors (Lipinski definition) is 5. The van der Waals surface area contributed by atoms with E-state index in [1.54, 1.807) is 6.20 Å². The number of sulfonamides is 1. The lowest BCUT2D eigenvalue weighted by Gasteiger charge is -2.16. The van der Waals surface area contributed by atoms with Gasteiger partial charge in [0.25, 0.3) is 5.69 Å². The summed E-state index contributed by atoms with van der Waals surface area (Å²) in [7, 11) is -3.98. The highest BCUT2D eigenvalue weighted by Crippen LogP contribution is 2.27. The molecule has 3 rings (SSSR count). The van der Waals surface area contributed by atoms with Crippen LogP contribution in [-0.2, 0) is 10.0 Å². The summed E-state index contributed by atoms with van der Waals surface area (Å²) in [5.74, 6) is 0.480. The van der Waals surface area contributed by atoms with E-state index in [4.69, 9.17) is 0 Å². The molecule has 1 unspecified atom stereocenters. The minimum Gasteiger partial charge on any atom is -0.341 e. The van der Waals surface area contributed by atoms with Crippen molar-refractivity contribution in [2.24, 2.45) is 0 Å². The minimum absolute atomic E-state index is 0.0965. The lowest BCUT2D eigenvalue weighted by molar-refractivity contribution is -0.385. The smallest absolute Gasteiger partial charge is 0.273 e. The van der Waals surface area contributed by atoms with Gasteiger partial charge in [-0.15, -0.1) is 0 Å². The zero-order valence-electron chi connectivity index (χ0n) is 15.4. The van der Waals surface area contributed by atoms with Crippen molar-refractivity contribution in [3.63, 3.8) is 0 Å². The number of nitro benzene ring substituents is 1. The van der Waals surface area contributed by atoms with E-state index in [9.17, 15) is 18.5 Å². The van der Waals surface area contributed by atoms with E-state index >= 15 is 0 Å². The van der Waals surface area contributed by atoms with Crippen molar-refractivity contribution in [3.05, 3.63) is 76.2 Å². The number of benzene rings is 2. The molecule has 0 amide bonds. The van der Waals surface area contributed by atoms with Crippen molar-refractivity contribution in [2.75, 3.05) is 0 Å². The molecule has 2 N–H and O–H groups in total. The number of aromatic amines is 1. The molecule has 0 bridgehead atoms. The molecule has 0 aliphatic carbocycles. The zero-order valence-corrected chi connectivity index (χ0v) is 16.2. The molecule has 9 heteroatoms. The lowest BCUT2D eigenvalue weighted by Crippen LogP contribution is -2.29. The number of nitrogens with one attached hydrogen (secondary N) is 2. The van der Waals surface area contributed by atoms with E-state index < -0.39 is 21.0 Å². The van der Waals surface area contributed by atoms with Crippen molar-refractivity contribution in [1.82, 2.24) is 14.7 Å². The number of aromatic nitrogens is 2. The fraction of sp³-hybridized carbons (Fsp3) is 0.211. The quantitative estimate of drug-likeness (QED) is 0.463. The second-order valence-electron chi connectivity index (χ2n) is 6.29. The van der Waals surface area contributed by atoms with Gasteiger partial charge in [0.1, 0.15) is 5.82 Å². The van der Waals surface area contributed by atoms with Gasteiger partial charge in [0.2, 0.25) is 10.0 Å². The first-order valence-corrected chi connectivity index (χ1v) is 10.2. The average molecular weight is 400 g/mol. The molecule has 8 nitrogen and oxygen atoms in total. The summed E-state index contributed by atoms with van der Waals surface area (Å²) in [6, 6.07) is 13.0. The van der Waals surface area contributed by atoms with E-state index in [0.29, 0.717) is 12.2 Å². The molecule has 0 saturated heterocycles. The summed E-state index contributed by atoms with van der Waals surface area (Å²) in [4.78, 5) is 17.9. The second-order valence-corrected chi connectivity index (χ2v) is 7.97. The van der Waals surface area contributed by atoms with Crippen LogP contribution in [0.3, 0.4) is 0 Å². The van der Waals surface area contributed by atoms with Crippen LogP contribution in [0.15, 0.2) is 59.6 Å². The summed E-state index contributed by atoms with van der Waals surface area (Å²) in [6.45, 7) is 3.26. The van der Waals surface area contributed by atoms with E-state index in [1.807, 2.05) is 37.3 Å². The predicted molar refractivity (Wildman–Crippen MR) is 105 cm³/mol. The Kier molecular flexibility index (Phi) is 5.57. The normalized spacial score (nSPS) is 12.6. The molecule has 0 fully saturated rings. The Morgan fingerprint density at radius 1 is 1.18 bits per heavy atom. The van der Waals surface area contributed by atoms with Crippen LogP contribution in [0.4, 0.5) is 5.69 Å². The standard InChI is InChI=1S/C19H20N4O4S/c1-3-15(19-20-12-16(21-19)14-8-5-4-6-9-14)22-28(26,27)18-11-7-10-17(13(18)2)23(24)25/h4-12,15,22H,3H2,1-2H3,(H,20,21). The van der Waals surface area contributed by atoms with Gasteiger partial charge in [-0.25, -0.2) is 18.1 Å². The maximum absolute atomic E-state index is 12.9. The van der Waals surface area contributed by atoms with Gasteiger partial charge in [0.15, 0.2) is 0 Å². The van der Waals surface area contributed by atoms with Crippen molar-refractivity contribution in [1.29, 1.82) is 0 Å². The van der Waals surface area contributed by atoms with Gasteiger partial charge < -0.3 is 4.98 Å². The minimum atomic E-state index is -3.98. The Labute approximate surface area is 162 Å². The predicted octanol–water partition coefficient (Wildman–Crippen LogP) is 3.72. The molecule has 0 radical (unpaired) electrons. The third-order valence-corrected chi connectivity index (χ3v) is 6.07. The van der Waals surface area contributed by atoms with Crippen LogP contribution in [0.5, 0.6) is 0 Å². The van der Waals surface area contributed by atoms with Crippen molar-refractivity contribution >= 4 is 15.7 Å².